The zero-order valence-electron chi connectivity index (χ0n) is 17.2. The number of rotatable bonds is 7. The largest absolute Gasteiger partial charge is 0.497 e. The number of ether oxygens (including phenoxy) is 3. The number of benzene rings is 2. The second-order valence-corrected chi connectivity index (χ2v) is 7.64. The van der Waals surface area contributed by atoms with E-state index in [0.29, 0.717) is 13.0 Å². The van der Waals surface area contributed by atoms with Gasteiger partial charge in [0.1, 0.15) is 11.4 Å². The Morgan fingerprint density at radius 1 is 1.07 bits per heavy atom. The fraction of sp³-hybridized carbons (Fsp3) is 0.455. The molecule has 0 aromatic heterocycles. The molecule has 1 N–H and O–H groups in total. The Morgan fingerprint density at radius 2 is 1.75 bits per heavy atom. The number of carbonyl (C=O) groups excluding carboxylic acids is 2. The van der Waals surface area contributed by atoms with Crippen LogP contribution in [0, 0.1) is 0 Å². The molecule has 1 atom stereocenters. The molecule has 2 rings (SSSR count). The van der Waals surface area contributed by atoms with Gasteiger partial charge in [0.25, 0.3) is 0 Å². The third-order valence-corrected chi connectivity index (χ3v) is 4.16. The molecule has 2 aromatic rings. The first-order valence-corrected chi connectivity index (χ1v) is 9.41. The van der Waals surface area contributed by atoms with Crippen LogP contribution in [0.2, 0.25) is 0 Å². The summed E-state index contributed by atoms with van der Waals surface area (Å²) in [4.78, 5) is 23.9. The van der Waals surface area contributed by atoms with Crippen molar-refractivity contribution in [1.82, 2.24) is 5.32 Å². The van der Waals surface area contributed by atoms with Gasteiger partial charge in [-0.15, -0.1) is 0 Å². The van der Waals surface area contributed by atoms with Gasteiger partial charge in [0.05, 0.1) is 19.6 Å². The average Bonchev–Trinajstić information content (AvgIpc) is 2.64. The molecule has 6 heteroatoms. The van der Waals surface area contributed by atoms with Crippen LogP contribution in [0.5, 0.6) is 5.75 Å². The molecule has 28 heavy (non-hydrogen) atoms. The van der Waals surface area contributed by atoms with E-state index in [0.717, 1.165) is 22.1 Å². The standard InChI is InChI=1S/C22H29NO5/c1-15(16-7-8-18-14-19(26-5)10-9-17(18)13-16)20(24)27-12-6-11-23-21(25)28-22(2,3)4/h7-10,13-15H,6,11-12H2,1-5H3,(H,23,25)/t15-/m0/s1. The van der Waals surface area contributed by atoms with Gasteiger partial charge in [-0.3, -0.25) is 4.79 Å². The molecule has 0 aliphatic heterocycles. The van der Waals surface area contributed by atoms with E-state index in [2.05, 4.69) is 5.32 Å². The molecule has 152 valence electrons. The van der Waals surface area contributed by atoms with E-state index < -0.39 is 11.7 Å². The third kappa shape index (κ3) is 6.44. The summed E-state index contributed by atoms with van der Waals surface area (Å²) in [5, 5.41) is 4.73. The summed E-state index contributed by atoms with van der Waals surface area (Å²) in [6, 6.07) is 11.7. The zero-order chi connectivity index (χ0) is 20.7. The van der Waals surface area contributed by atoms with E-state index in [1.807, 2.05) is 43.3 Å². The zero-order valence-corrected chi connectivity index (χ0v) is 17.2. The first-order chi connectivity index (χ1) is 13.2. The molecular formula is C22H29NO5. The number of hydrogen-bond acceptors (Lipinski definition) is 5. The highest BCUT2D eigenvalue weighted by Gasteiger charge is 2.18. The van der Waals surface area contributed by atoms with Crippen LogP contribution in [-0.4, -0.2) is 37.9 Å². The summed E-state index contributed by atoms with van der Waals surface area (Å²) in [7, 11) is 1.64. The number of esters is 1. The maximum absolute atomic E-state index is 12.3. The summed E-state index contributed by atoms with van der Waals surface area (Å²) < 4.78 is 15.7. The molecule has 0 saturated heterocycles. The highest BCUT2D eigenvalue weighted by molar-refractivity contribution is 5.86. The molecule has 1 amide bonds. The Morgan fingerprint density at radius 3 is 2.43 bits per heavy atom. The van der Waals surface area contributed by atoms with Gasteiger partial charge in [-0.05, 0) is 62.6 Å². The molecule has 0 fully saturated rings. The van der Waals surface area contributed by atoms with Crippen LogP contribution in [0.25, 0.3) is 10.8 Å². The van der Waals surface area contributed by atoms with Gasteiger partial charge in [-0.2, -0.15) is 0 Å². The molecule has 0 aliphatic rings. The van der Waals surface area contributed by atoms with E-state index in [1.165, 1.54) is 0 Å². The van der Waals surface area contributed by atoms with Crippen molar-refractivity contribution in [1.29, 1.82) is 0 Å². The molecule has 0 bridgehead atoms. The van der Waals surface area contributed by atoms with Crippen molar-refractivity contribution >= 4 is 22.8 Å². The fourth-order valence-corrected chi connectivity index (χ4v) is 2.65. The van der Waals surface area contributed by atoms with Crippen molar-refractivity contribution in [3.05, 3.63) is 42.0 Å². The second kappa shape index (κ2) is 9.44. The van der Waals surface area contributed by atoms with E-state index in [9.17, 15) is 9.59 Å². The number of nitrogens with one attached hydrogen (secondary N) is 1. The lowest BCUT2D eigenvalue weighted by Crippen LogP contribution is -2.33. The topological polar surface area (TPSA) is 73.9 Å². The first-order valence-electron chi connectivity index (χ1n) is 9.41. The fourth-order valence-electron chi connectivity index (χ4n) is 2.65. The molecule has 0 spiro atoms. The maximum atomic E-state index is 12.3. The summed E-state index contributed by atoms with van der Waals surface area (Å²) in [5.41, 5.74) is 0.367. The molecule has 2 aromatic carbocycles. The van der Waals surface area contributed by atoms with Gasteiger partial charge in [0.15, 0.2) is 0 Å². The molecule has 0 saturated carbocycles. The van der Waals surface area contributed by atoms with Crippen molar-refractivity contribution in [2.24, 2.45) is 0 Å². The van der Waals surface area contributed by atoms with Gasteiger partial charge in [0.2, 0.25) is 0 Å². The van der Waals surface area contributed by atoms with Crippen LogP contribution in [0.4, 0.5) is 4.79 Å². The molecule has 6 nitrogen and oxygen atoms in total. The first kappa shape index (κ1) is 21.5. The number of amides is 1. The number of methoxy groups -OCH3 is 1. The quantitative estimate of drug-likeness (QED) is 0.563. The lowest BCUT2D eigenvalue weighted by atomic mass is 9.98. The van der Waals surface area contributed by atoms with Crippen LogP contribution in [-0.2, 0) is 14.3 Å². The van der Waals surface area contributed by atoms with Crippen molar-refractivity contribution in [2.45, 2.75) is 45.6 Å². The Hall–Kier alpha value is -2.76. The summed E-state index contributed by atoms with van der Waals surface area (Å²) in [6.45, 7) is 7.86. The van der Waals surface area contributed by atoms with Gasteiger partial charge in [-0.1, -0.05) is 24.3 Å². The highest BCUT2D eigenvalue weighted by Crippen LogP contribution is 2.25. The number of carbonyl (C=O) groups is 2. The lowest BCUT2D eigenvalue weighted by Gasteiger charge is -2.19. The normalized spacial score (nSPS) is 12.3. The third-order valence-electron chi connectivity index (χ3n) is 4.16. The highest BCUT2D eigenvalue weighted by atomic mass is 16.6. The summed E-state index contributed by atoms with van der Waals surface area (Å²) >= 11 is 0. The summed E-state index contributed by atoms with van der Waals surface area (Å²) in [6.07, 6.45) is 0.0508. The van der Waals surface area contributed by atoms with Crippen LogP contribution in [0.15, 0.2) is 36.4 Å². The van der Waals surface area contributed by atoms with Crippen LogP contribution < -0.4 is 10.1 Å². The van der Waals surface area contributed by atoms with Gasteiger partial charge >= 0.3 is 12.1 Å². The Bertz CT molecular complexity index is 825. The minimum atomic E-state index is -0.531. The summed E-state index contributed by atoms with van der Waals surface area (Å²) in [5.74, 6) is 0.142. The van der Waals surface area contributed by atoms with Gasteiger partial charge < -0.3 is 19.5 Å². The monoisotopic (exact) mass is 387 g/mol. The molecular weight excluding hydrogens is 358 g/mol. The predicted molar refractivity (Wildman–Crippen MR) is 109 cm³/mol. The number of fused-ring (bicyclic) bond motifs is 1. The van der Waals surface area contributed by atoms with Crippen molar-refractivity contribution < 1.29 is 23.8 Å². The molecule has 0 unspecified atom stereocenters. The van der Waals surface area contributed by atoms with Crippen LogP contribution >= 0.6 is 0 Å². The Balaban J connectivity index is 1.81. The number of alkyl carbamates (subject to hydrolysis) is 1. The Kier molecular flexibility index (Phi) is 7.26. The molecule has 0 aliphatic carbocycles. The maximum Gasteiger partial charge on any atom is 0.407 e. The van der Waals surface area contributed by atoms with E-state index in [-0.39, 0.29) is 18.5 Å². The van der Waals surface area contributed by atoms with Crippen molar-refractivity contribution in [3.63, 3.8) is 0 Å². The predicted octanol–water partition coefficient (Wildman–Crippen LogP) is 4.41. The minimum absolute atomic E-state index is 0.240. The van der Waals surface area contributed by atoms with Crippen molar-refractivity contribution in [3.8, 4) is 5.75 Å². The van der Waals surface area contributed by atoms with Gasteiger partial charge in [0, 0.05) is 6.54 Å². The Labute approximate surface area is 166 Å². The average molecular weight is 387 g/mol. The van der Waals surface area contributed by atoms with E-state index >= 15 is 0 Å². The van der Waals surface area contributed by atoms with Crippen molar-refractivity contribution in [2.75, 3.05) is 20.3 Å². The number of hydrogen-bond donors (Lipinski definition) is 1. The van der Waals surface area contributed by atoms with Gasteiger partial charge in [-0.25, -0.2) is 4.79 Å². The lowest BCUT2D eigenvalue weighted by molar-refractivity contribution is -0.145. The van der Waals surface area contributed by atoms with E-state index in [4.69, 9.17) is 14.2 Å². The SMILES string of the molecule is COc1ccc2cc([C@H](C)C(=O)OCCCNC(=O)OC(C)(C)C)ccc2c1. The van der Waals surface area contributed by atoms with E-state index in [1.54, 1.807) is 27.9 Å². The van der Waals surface area contributed by atoms with Crippen LogP contribution in [0.1, 0.15) is 45.6 Å². The second-order valence-electron chi connectivity index (χ2n) is 7.64. The van der Waals surface area contributed by atoms with Crippen LogP contribution in [0.3, 0.4) is 0 Å². The molecule has 0 radical (unpaired) electrons. The smallest absolute Gasteiger partial charge is 0.407 e. The molecule has 0 heterocycles. The minimum Gasteiger partial charge on any atom is -0.497 e.